The molecule has 330 valence electrons. The normalized spacial score (nSPS) is 12.6. The molecule has 0 radical (unpaired) electrons. The summed E-state index contributed by atoms with van der Waals surface area (Å²) in [7, 11) is -7.08. The molecule has 0 bridgehead atoms. The van der Waals surface area contributed by atoms with Gasteiger partial charge in [0.1, 0.15) is 0 Å². The lowest BCUT2D eigenvalue weighted by Gasteiger charge is -2.32. The van der Waals surface area contributed by atoms with Crippen molar-refractivity contribution in [2.75, 3.05) is 52.6 Å². The average molecular weight is 874 g/mol. The Balaban J connectivity index is 2.26. The van der Waals surface area contributed by atoms with E-state index < -0.39 is 33.3 Å². The van der Waals surface area contributed by atoms with Gasteiger partial charge in [-0.2, -0.15) is 0 Å². The first-order valence-electron chi connectivity index (χ1n) is 23.2. The molecule has 2 rings (SSSR count). The van der Waals surface area contributed by atoms with E-state index in [0.717, 1.165) is 83.7 Å². The van der Waals surface area contributed by atoms with Crippen LogP contribution in [0.4, 0.5) is 0 Å². The number of amides is 2. The van der Waals surface area contributed by atoms with E-state index in [1.165, 1.54) is 0 Å². The van der Waals surface area contributed by atoms with Crippen molar-refractivity contribution in [2.45, 2.75) is 156 Å². The van der Waals surface area contributed by atoms with Gasteiger partial charge < -0.3 is 27.5 Å². The first kappa shape index (κ1) is 52.2. The molecule has 2 aromatic carbocycles. The Bertz CT molecular complexity index is 1250. The van der Waals surface area contributed by atoms with Gasteiger partial charge in [0.25, 0.3) is 11.8 Å². The standard InChI is InChI=1S/C46H84N2O6Si4/c1-13-55(14-2,15-3)51-37-33-47(34-38-52-56(16-4,17-5)18-6)45(49)43-29-25-41(26-30-43)42-27-31-44(32-28-42)46(50)48(35-39-53-57(19-7,20-8)21-9)36-40-54-58(22-10,23-11)24-12/h25-32H,13-24,33-40H2,1-12H3. The lowest BCUT2D eigenvalue weighted by Crippen LogP contribution is -2.43. The molecule has 0 aliphatic rings. The number of hydrogen-bond donors (Lipinski definition) is 0. The van der Waals surface area contributed by atoms with Crippen molar-refractivity contribution in [3.05, 3.63) is 59.7 Å². The van der Waals surface area contributed by atoms with Crippen LogP contribution in [0.25, 0.3) is 11.1 Å². The second-order valence-corrected chi connectivity index (χ2v) is 35.2. The highest BCUT2D eigenvalue weighted by Crippen LogP contribution is 2.26. The van der Waals surface area contributed by atoms with E-state index in [0.29, 0.717) is 63.7 Å². The van der Waals surface area contributed by atoms with Crippen LogP contribution in [0.15, 0.2) is 48.5 Å². The van der Waals surface area contributed by atoms with Crippen LogP contribution in [-0.4, -0.2) is 107 Å². The molecular formula is C46H84N2O6Si4. The number of rotatable bonds is 31. The summed E-state index contributed by atoms with van der Waals surface area (Å²) in [5.74, 6) is 0.0180. The van der Waals surface area contributed by atoms with E-state index in [9.17, 15) is 9.59 Å². The van der Waals surface area contributed by atoms with E-state index in [-0.39, 0.29) is 11.8 Å². The lowest BCUT2D eigenvalue weighted by atomic mass is 10.0. The van der Waals surface area contributed by atoms with Gasteiger partial charge in [0.05, 0.1) is 26.4 Å². The third kappa shape index (κ3) is 14.6. The molecule has 58 heavy (non-hydrogen) atoms. The van der Waals surface area contributed by atoms with Crippen LogP contribution >= 0.6 is 0 Å². The molecule has 0 aromatic heterocycles. The molecular weight excluding hydrogens is 789 g/mol. The zero-order valence-electron chi connectivity index (χ0n) is 39.1. The van der Waals surface area contributed by atoms with Crippen molar-refractivity contribution in [3.63, 3.8) is 0 Å². The van der Waals surface area contributed by atoms with Gasteiger partial charge >= 0.3 is 0 Å². The molecule has 2 aromatic rings. The zero-order valence-corrected chi connectivity index (χ0v) is 43.1. The summed E-state index contributed by atoms with van der Waals surface area (Å²) in [5.41, 5.74) is 3.32. The maximum Gasteiger partial charge on any atom is 0.254 e. The average Bonchev–Trinajstić information content (AvgIpc) is 3.28. The number of hydrogen-bond acceptors (Lipinski definition) is 6. The van der Waals surface area contributed by atoms with Crippen molar-refractivity contribution in [2.24, 2.45) is 0 Å². The van der Waals surface area contributed by atoms with Crippen LogP contribution < -0.4 is 0 Å². The molecule has 0 aliphatic carbocycles. The summed E-state index contributed by atoms with van der Waals surface area (Å²) < 4.78 is 26.4. The smallest absolute Gasteiger partial charge is 0.254 e. The second-order valence-electron chi connectivity index (χ2n) is 16.1. The molecule has 0 unspecified atom stereocenters. The Kier molecular flexibility index (Phi) is 23.8. The number of benzene rings is 2. The fourth-order valence-corrected chi connectivity index (χ4v) is 18.9. The highest BCUT2D eigenvalue weighted by molar-refractivity contribution is 6.74. The number of carbonyl (C=O) groups is 2. The Morgan fingerprint density at radius 1 is 0.362 bits per heavy atom. The van der Waals surface area contributed by atoms with Crippen LogP contribution in [-0.2, 0) is 17.7 Å². The molecule has 8 nitrogen and oxygen atoms in total. The number of carbonyl (C=O) groups excluding carboxylic acids is 2. The highest BCUT2D eigenvalue weighted by Gasteiger charge is 2.32. The van der Waals surface area contributed by atoms with Gasteiger partial charge in [-0.3, -0.25) is 9.59 Å². The van der Waals surface area contributed by atoms with Gasteiger partial charge in [0.15, 0.2) is 33.3 Å². The molecule has 0 spiro atoms. The van der Waals surface area contributed by atoms with Crippen LogP contribution in [0, 0.1) is 0 Å². The Labute approximate surface area is 359 Å². The molecule has 0 saturated heterocycles. The van der Waals surface area contributed by atoms with Crippen LogP contribution in [0.3, 0.4) is 0 Å². The van der Waals surface area contributed by atoms with Crippen molar-refractivity contribution in [1.82, 2.24) is 9.80 Å². The summed E-state index contributed by atoms with van der Waals surface area (Å²) in [5, 5.41) is 0. The van der Waals surface area contributed by atoms with Gasteiger partial charge in [0, 0.05) is 37.3 Å². The third-order valence-electron chi connectivity index (χ3n) is 14.0. The minimum absolute atomic E-state index is 0.00899. The van der Waals surface area contributed by atoms with Crippen LogP contribution in [0.1, 0.15) is 104 Å². The summed E-state index contributed by atoms with van der Waals surface area (Å²) in [6, 6.07) is 28.8. The molecule has 0 saturated carbocycles. The monoisotopic (exact) mass is 873 g/mol. The molecule has 2 amide bonds. The van der Waals surface area contributed by atoms with E-state index >= 15 is 0 Å². The fourth-order valence-electron chi connectivity index (χ4n) is 8.32. The quantitative estimate of drug-likeness (QED) is 0.0702. The van der Waals surface area contributed by atoms with E-state index in [4.69, 9.17) is 17.7 Å². The van der Waals surface area contributed by atoms with E-state index in [1.54, 1.807) is 0 Å². The predicted octanol–water partition coefficient (Wildman–Crippen LogP) is 12.3. The SMILES string of the molecule is CC[Si](CC)(CC)OCCN(CCO[Si](CC)(CC)CC)C(=O)c1ccc(-c2ccc(C(=O)N(CCO[Si](CC)(CC)CC)CCO[Si](CC)(CC)CC)cc2)cc1. The van der Waals surface area contributed by atoms with E-state index in [2.05, 4.69) is 83.1 Å². The maximum absolute atomic E-state index is 14.0. The highest BCUT2D eigenvalue weighted by atomic mass is 28.4. The Hall–Kier alpha value is -1.91. The van der Waals surface area contributed by atoms with Crippen LogP contribution in [0.5, 0.6) is 0 Å². The largest absolute Gasteiger partial charge is 0.415 e. The second kappa shape index (κ2) is 26.4. The molecule has 0 atom stereocenters. The van der Waals surface area contributed by atoms with Crippen molar-refractivity contribution in [3.8, 4) is 11.1 Å². The summed E-state index contributed by atoms with van der Waals surface area (Å²) in [6.07, 6.45) is 0. The van der Waals surface area contributed by atoms with Gasteiger partial charge in [-0.05, 0) is 108 Å². The molecule has 0 aliphatic heterocycles. The van der Waals surface area contributed by atoms with Gasteiger partial charge in [-0.1, -0.05) is 107 Å². The zero-order chi connectivity index (χ0) is 43.2. The molecule has 0 N–H and O–H groups in total. The summed E-state index contributed by atoms with van der Waals surface area (Å²) in [6.45, 7) is 31.4. The first-order valence-corrected chi connectivity index (χ1v) is 33.3. The topological polar surface area (TPSA) is 77.5 Å². The lowest BCUT2D eigenvalue weighted by molar-refractivity contribution is 0.0689. The summed E-state index contributed by atoms with van der Waals surface area (Å²) >= 11 is 0. The fraction of sp³-hybridized carbons (Fsp3) is 0.696. The Morgan fingerprint density at radius 2 is 0.552 bits per heavy atom. The molecule has 12 heteroatoms. The van der Waals surface area contributed by atoms with Crippen molar-refractivity contribution in [1.29, 1.82) is 0 Å². The van der Waals surface area contributed by atoms with Crippen molar-refractivity contribution >= 4 is 45.1 Å². The van der Waals surface area contributed by atoms with Gasteiger partial charge in [-0.25, -0.2) is 0 Å². The summed E-state index contributed by atoms with van der Waals surface area (Å²) in [4.78, 5) is 32.0. The van der Waals surface area contributed by atoms with Gasteiger partial charge in [0.2, 0.25) is 0 Å². The molecule has 0 heterocycles. The van der Waals surface area contributed by atoms with Gasteiger partial charge in [-0.15, -0.1) is 0 Å². The Morgan fingerprint density at radius 3 is 0.724 bits per heavy atom. The maximum atomic E-state index is 14.0. The third-order valence-corrected chi connectivity index (χ3v) is 32.7. The predicted molar refractivity (Wildman–Crippen MR) is 256 cm³/mol. The van der Waals surface area contributed by atoms with Crippen LogP contribution in [0.2, 0.25) is 72.5 Å². The molecule has 0 fully saturated rings. The number of nitrogens with zero attached hydrogens (tertiary/aromatic N) is 2. The van der Waals surface area contributed by atoms with Crippen molar-refractivity contribution < 1.29 is 27.3 Å². The minimum Gasteiger partial charge on any atom is -0.415 e. The van der Waals surface area contributed by atoms with E-state index in [1.807, 2.05) is 58.3 Å². The first-order chi connectivity index (χ1) is 27.9. The minimum atomic E-state index is -1.77.